The molecule has 5 N–H and O–H groups in total. The highest BCUT2D eigenvalue weighted by atomic mass is 19.1. The lowest BCUT2D eigenvalue weighted by Gasteiger charge is -2.20. The van der Waals surface area contributed by atoms with Gasteiger partial charge < -0.3 is 16.8 Å². The molecule has 98 valence electrons. The second-order valence-corrected chi connectivity index (χ2v) is 4.67. The van der Waals surface area contributed by atoms with Gasteiger partial charge in [-0.2, -0.15) is 0 Å². The first-order chi connectivity index (χ1) is 8.24. The molecule has 0 aliphatic carbocycles. The van der Waals surface area contributed by atoms with Crippen LogP contribution in [-0.4, -0.2) is 18.4 Å². The predicted octanol–water partition coefficient (Wildman–Crippen LogP) is 0.649. The quantitative estimate of drug-likeness (QED) is 0.687. The summed E-state index contributed by atoms with van der Waals surface area (Å²) in [4.78, 5) is 22.8. The average molecular weight is 253 g/mol. The molecule has 1 aromatic carbocycles. The summed E-state index contributed by atoms with van der Waals surface area (Å²) in [6.45, 7) is 3.30. The van der Waals surface area contributed by atoms with E-state index >= 15 is 0 Å². The molecular formula is C12H16FN3O2. The van der Waals surface area contributed by atoms with Crippen molar-refractivity contribution in [2.45, 2.75) is 13.8 Å². The highest BCUT2D eigenvalue weighted by molar-refractivity contribution is 5.95. The van der Waals surface area contributed by atoms with E-state index < -0.39 is 23.0 Å². The molecule has 0 aromatic heterocycles. The van der Waals surface area contributed by atoms with Crippen LogP contribution in [0.1, 0.15) is 24.2 Å². The zero-order chi connectivity index (χ0) is 13.9. The van der Waals surface area contributed by atoms with Gasteiger partial charge in [-0.3, -0.25) is 9.59 Å². The van der Waals surface area contributed by atoms with Crippen molar-refractivity contribution >= 4 is 17.5 Å². The Labute approximate surface area is 104 Å². The van der Waals surface area contributed by atoms with Gasteiger partial charge in [0, 0.05) is 12.1 Å². The molecule has 0 saturated carbocycles. The number of nitrogens with one attached hydrogen (secondary N) is 1. The maximum absolute atomic E-state index is 13.2. The zero-order valence-electron chi connectivity index (χ0n) is 10.3. The zero-order valence-corrected chi connectivity index (χ0v) is 10.3. The Kier molecular flexibility index (Phi) is 3.90. The number of carbonyl (C=O) groups excluding carboxylic acids is 2. The Morgan fingerprint density at radius 3 is 2.50 bits per heavy atom. The first kappa shape index (κ1) is 14.0. The van der Waals surface area contributed by atoms with E-state index in [4.69, 9.17) is 11.5 Å². The summed E-state index contributed by atoms with van der Waals surface area (Å²) >= 11 is 0. The van der Waals surface area contributed by atoms with Crippen LogP contribution in [0.3, 0.4) is 0 Å². The Bertz CT molecular complexity index is 486. The number of primary amides is 1. The van der Waals surface area contributed by atoms with Gasteiger partial charge >= 0.3 is 0 Å². The molecule has 5 nitrogen and oxygen atoms in total. The number of hydrogen-bond donors (Lipinski definition) is 3. The summed E-state index contributed by atoms with van der Waals surface area (Å²) in [5.74, 6) is -1.66. The van der Waals surface area contributed by atoms with Crippen LogP contribution >= 0.6 is 0 Å². The van der Waals surface area contributed by atoms with Crippen molar-refractivity contribution in [3.63, 3.8) is 0 Å². The van der Waals surface area contributed by atoms with Crippen LogP contribution in [0.15, 0.2) is 18.2 Å². The van der Waals surface area contributed by atoms with E-state index in [1.807, 2.05) is 0 Å². The van der Waals surface area contributed by atoms with E-state index in [-0.39, 0.29) is 17.8 Å². The van der Waals surface area contributed by atoms with Crippen molar-refractivity contribution in [3.05, 3.63) is 29.6 Å². The predicted molar refractivity (Wildman–Crippen MR) is 66.1 cm³/mol. The SMILES string of the molecule is CC(C)(CNC(=O)c1ccc(N)c(F)c1)C(N)=O. The smallest absolute Gasteiger partial charge is 0.251 e. The summed E-state index contributed by atoms with van der Waals surface area (Å²) in [5, 5.41) is 2.52. The summed E-state index contributed by atoms with van der Waals surface area (Å²) < 4.78 is 13.2. The largest absolute Gasteiger partial charge is 0.396 e. The molecule has 2 amide bonds. The summed E-state index contributed by atoms with van der Waals surface area (Å²) in [6, 6.07) is 3.76. The molecule has 0 aliphatic heterocycles. The van der Waals surface area contributed by atoms with Gasteiger partial charge in [0.05, 0.1) is 11.1 Å². The first-order valence-corrected chi connectivity index (χ1v) is 5.37. The molecule has 0 atom stereocenters. The van der Waals surface area contributed by atoms with Crippen molar-refractivity contribution in [2.75, 3.05) is 12.3 Å². The van der Waals surface area contributed by atoms with Crippen molar-refractivity contribution in [3.8, 4) is 0 Å². The fourth-order valence-corrected chi connectivity index (χ4v) is 1.16. The lowest BCUT2D eigenvalue weighted by atomic mass is 9.92. The van der Waals surface area contributed by atoms with Gasteiger partial charge in [0.25, 0.3) is 5.91 Å². The van der Waals surface area contributed by atoms with Gasteiger partial charge in [0.2, 0.25) is 5.91 Å². The van der Waals surface area contributed by atoms with Crippen LogP contribution < -0.4 is 16.8 Å². The number of nitrogen functional groups attached to an aromatic ring is 1. The monoisotopic (exact) mass is 253 g/mol. The van der Waals surface area contributed by atoms with Crippen molar-refractivity contribution in [1.29, 1.82) is 0 Å². The van der Waals surface area contributed by atoms with Crippen LogP contribution in [0.25, 0.3) is 0 Å². The number of benzene rings is 1. The number of nitrogens with two attached hydrogens (primary N) is 2. The van der Waals surface area contributed by atoms with Crippen LogP contribution in [0.2, 0.25) is 0 Å². The van der Waals surface area contributed by atoms with Crippen LogP contribution in [0.5, 0.6) is 0 Å². The number of rotatable bonds is 4. The van der Waals surface area contributed by atoms with Crippen molar-refractivity contribution in [1.82, 2.24) is 5.32 Å². The molecule has 1 rings (SSSR count). The van der Waals surface area contributed by atoms with Gasteiger partial charge in [0.15, 0.2) is 0 Å². The van der Waals surface area contributed by atoms with E-state index in [2.05, 4.69) is 5.32 Å². The second-order valence-electron chi connectivity index (χ2n) is 4.67. The lowest BCUT2D eigenvalue weighted by Crippen LogP contribution is -2.42. The van der Waals surface area contributed by atoms with Gasteiger partial charge in [0.1, 0.15) is 5.82 Å². The Balaban J connectivity index is 2.72. The first-order valence-electron chi connectivity index (χ1n) is 5.37. The Hall–Kier alpha value is -2.11. The fourth-order valence-electron chi connectivity index (χ4n) is 1.16. The molecule has 0 heterocycles. The van der Waals surface area contributed by atoms with Crippen LogP contribution in [0, 0.1) is 11.2 Å². The summed E-state index contributed by atoms with van der Waals surface area (Å²) in [7, 11) is 0. The van der Waals surface area contributed by atoms with Gasteiger partial charge in [-0.25, -0.2) is 4.39 Å². The average Bonchev–Trinajstić information content (AvgIpc) is 2.29. The number of halogens is 1. The van der Waals surface area contributed by atoms with Gasteiger partial charge in [-0.05, 0) is 32.0 Å². The molecule has 0 saturated heterocycles. The Morgan fingerprint density at radius 1 is 1.39 bits per heavy atom. The molecule has 0 unspecified atom stereocenters. The molecule has 0 bridgehead atoms. The lowest BCUT2D eigenvalue weighted by molar-refractivity contribution is -0.125. The molecule has 18 heavy (non-hydrogen) atoms. The number of hydrogen-bond acceptors (Lipinski definition) is 3. The van der Waals surface area contributed by atoms with E-state index in [0.717, 1.165) is 6.07 Å². The van der Waals surface area contributed by atoms with Gasteiger partial charge in [-0.1, -0.05) is 0 Å². The fraction of sp³-hybridized carbons (Fsp3) is 0.333. The molecule has 1 aromatic rings. The minimum absolute atomic E-state index is 0.0241. The summed E-state index contributed by atoms with van der Waals surface area (Å²) in [5.41, 5.74) is 9.73. The minimum Gasteiger partial charge on any atom is -0.396 e. The van der Waals surface area contributed by atoms with Crippen LogP contribution in [0.4, 0.5) is 10.1 Å². The normalized spacial score (nSPS) is 11.1. The molecule has 0 radical (unpaired) electrons. The topological polar surface area (TPSA) is 98.2 Å². The van der Waals surface area contributed by atoms with E-state index in [1.54, 1.807) is 13.8 Å². The number of anilines is 1. The Morgan fingerprint density at radius 2 is 2.00 bits per heavy atom. The van der Waals surface area contributed by atoms with Crippen molar-refractivity contribution in [2.24, 2.45) is 11.1 Å². The third kappa shape index (κ3) is 3.19. The van der Waals surface area contributed by atoms with E-state index in [1.165, 1.54) is 12.1 Å². The molecule has 0 aliphatic rings. The van der Waals surface area contributed by atoms with Crippen molar-refractivity contribution < 1.29 is 14.0 Å². The highest BCUT2D eigenvalue weighted by Crippen LogP contribution is 2.14. The van der Waals surface area contributed by atoms with E-state index in [9.17, 15) is 14.0 Å². The molecular weight excluding hydrogens is 237 g/mol. The number of carbonyl (C=O) groups is 2. The van der Waals surface area contributed by atoms with E-state index in [0.29, 0.717) is 0 Å². The maximum Gasteiger partial charge on any atom is 0.251 e. The third-order valence-corrected chi connectivity index (χ3v) is 2.62. The number of amides is 2. The highest BCUT2D eigenvalue weighted by Gasteiger charge is 2.25. The summed E-state index contributed by atoms with van der Waals surface area (Å²) in [6.07, 6.45) is 0. The third-order valence-electron chi connectivity index (χ3n) is 2.62. The molecule has 6 heteroatoms. The maximum atomic E-state index is 13.2. The minimum atomic E-state index is -0.859. The second kappa shape index (κ2) is 5.03. The molecule has 0 fully saturated rings. The molecule has 0 spiro atoms. The standard InChI is InChI=1S/C12H16FN3O2/c1-12(2,11(15)18)6-16-10(17)7-3-4-9(14)8(13)5-7/h3-5H,6,14H2,1-2H3,(H2,15,18)(H,16,17). The van der Waals surface area contributed by atoms with Crippen LogP contribution in [-0.2, 0) is 4.79 Å². The van der Waals surface area contributed by atoms with Gasteiger partial charge in [-0.15, -0.1) is 0 Å².